The highest BCUT2D eigenvalue weighted by molar-refractivity contribution is 5.92. The fourth-order valence-corrected chi connectivity index (χ4v) is 3.52. The van der Waals surface area contributed by atoms with Gasteiger partial charge in [-0.2, -0.15) is 0 Å². The van der Waals surface area contributed by atoms with Crippen LogP contribution in [-0.4, -0.2) is 5.91 Å². The quantitative estimate of drug-likeness (QED) is 0.756. The van der Waals surface area contributed by atoms with Crippen molar-refractivity contribution in [2.24, 2.45) is 0 Å². The first-order valence-corrected chi connectivity index (χ1v) is 6.37. The Bertz CT molecular complexity index is 601. The van der Waals surface area contributed by atoms with Gasteiger partial charge in [-0.05, 0) is 31.9 Å². The molecule has 1 saturated heterocycles. The van der Waals surface area contributed by atoms with Crippen molar-refractivity contribution in [3.05, 3.63) is 47.4 Å². The molecule has 3 nitrogen and oxygen atoms in total. The number of ether oxygens (including phenoxy) is 1. The van der Waals surface area contributed by atoms with Crippen LogP contribution in [0, 0.1) is 6.92 Å². The molecule has 1 amide bonds. The lowest BCUT2D eigenvalue weighted by atomic mass is 9.94. The lowest BCUT2D eigenvalue weighted by molar-refractivity contribution is -0.132. The van der Waals surface area contributed by atoms with E-state index >= 15 is 0 Å². The van der Waals surface area contributed by atoms with Crippen LogP contribution in [0.3, 0.4) is 0 Å². The number of amides is 1. The van der Waals surface area contributed by atoms with Crippen LogP contribution in [-0.2, 0) is 20.5 Å². The van der Waals surface area contributed by atoms with Crippen LogP contribution >= 0.6 is 0 Å². The van der Waals surface area contributed by atoms with Gasteiger partial charge in [-0.15, -0.1) is 0 Å². The molecule has 1 atom stereocenters. The predicted molar refractivity (Wildman–Crippen MR) is 66.8 cm³/mol. The van der Waals surface area contributed by atoms with E-state index < -0.39 is 5.60 Å². The molecular weight excluding hydrogens is 226 g/mol. The van der Waals surface area contributed by atoms with E-state index in [2.05, 4.69) is 37.0 Å². The second-order valence-electron chi connectivity index (χ2n) is 5.81. The normalized spacial score (nSPS) is 30.5. The Morgan fingerprint density at radius 1 is 1.33 bits per heavy atom. The second-order valence-corrected chi connectivity index (χ2v) is 5.81. The molecule has 3 aliphatic rings. The SMILES string of the molecule is C=C1NC(=O)C2(CC3(CC3)c3cc(C)ccc32)O1. The van der Waals surface area contributed by atoms with Crippen molar-refractivity contribution in [2.75, 3.05) is 0 Å². The van der Waals surface area contributed by atoms with E-state index in [0.717, 1.165) is 24.8 Å². The molecule has 1 N–H and O–H groups in total. The zero-order valence-electron chi connectivity index (χ0n) is 10.4. The molecule has 1 aromatic carbocycles. The van der Waals surface area contributed by atoms with Crippen LogP contribution in [0.25, 0.3) is 0 Å². The minimum atomic E-state index is -0.809. The van der Waals surface area contributed by atoms with E-state index in [-0.39, 0.29) is 11.3 Å². The van der Waals surface area contributed by atoms with E-state index in [1.807, 2.05) is 0 Å². The van der Waals surface area contributed by atoms with Crippen molar-refractivity contribution in [1.29, 1.82) is 0 Å². The lowest BCUT2D eigenvalue weighted by Crippen LogP contribution is -2.34. The predicted octanol–water partition coefficient (Wildman–Crippen LogP) is 2.24. The molecule has 3 heteroatoms. The lowest BCUT2D eigenvalue weighted by Gasteiger charge is -2.21. The third-order valence-electron chi connectivity index (χ3n) is 4.54. The standard InChI is InChI=1S/C15H15NO2/c1-9-3-4-11-12(7-9)14(5-6-14)8-15(11)13(17)16-10(2)18-15/h3-4,7H,2,5-6,8H2,1H3,(H,16,17). The maximum Gasteiger partial charge on any atom is 0.275 e. The topological polar surface area (TPSA) is 38.3 Å². The second kappa shape index (κ2) is 2.79. The van der Waals surface area contributed by atoms with E-state index in [4.69, 9.17) is 4.74 Å². The largest absolute Gasteiger partial charge is 0.458 e. The van der Waals surface area contributed by atoms with Crippen molar-refractivity contribution in [1.82, 2.24) is 5.32 Å². The first kappa shape index (κ1) is 10.2. The van der Waals surface area contributed by atoms with Crippen molar-refractivity contribution < 1.29 is 9.53 Å². The summed E-state index contributed by atoms with van der Waals surface area (Å²) in [4.78, 5) is 12.3. The first-order valence-electron chi connectivity index (χ1n) is 6.37. The molecule has 2 fully saturated rings. The Morgan fingerprint density at radius 3 is 2.72 bits per heavy atom. The summed E-state index contributed by atoms with van der Waals surface area (Å²) in [6.45, 7) is 5.82. The zero-order valence-corrected chi connectivity index (χ0v) is 10.4. The summed E-state index contributed by atoms with van der Waals surface area (Å²) in [7, 11) is 0. The Kier molecular flexibility index (Phi) is 1.58. The Labute approximate surface area is 106 Å². The van der Waals surface area contributed by atoms with E-state index in [9.17, 15) is 4.79 Å². The molecule has 4 rings (SSSR count). The number of hydrogen-bond acceptors (Lipinski definition) is 2. The maximum absolute atomic E-state index is 12.3. The first-order chi connectivity index (χ1) is 8.56. The smallest absolute Gasteiger partial charge is 0.275 e. The Balaban J connectivity index is 1.96. The van der Waals surface area contributed by atoms with Gasteiger partial charge in [0.15, 0.2) is 5.88 Å². The third kappa shape index (κ3) is 1.03. The fourth-order valence-electron chi connectivity index (χ4n) is 3.52. The van der Waals surface area contributed by atoms with Crippen LogP contribution < -0.4 is 5.32 Å². The molecule has 1 heterocycles. The minimum absolute atomic E-state index is 0.0543. The highest BCUT2D eigenvalue weighted by atomic mass is 16.5. The van der Waals surface area contributed by atoms with Gasteiger partial charge in [0.2, 0.25) is 5.60 Å². The average Bonchev–Trinajstić information content (AvgIpc) is 2.95. The molecule has 1 saturated carbocycles. The highest BCUT2D eigenvalue weighted by Crippen LogP contribution is 2.64. The molecule has 1 aliphatic heterocycles. The Morgan fingerprint density at radius 2 is 2.11 bits per heavy atom. The Hall–Kier alpha value is -1.77. The van der Waals surface area contributed by atoms with Crippen molar-refractivity contribution in [3.8, 4) is 0 Å². The van der Waals surface area contributed by atoms with Gasteiger partial charge in [-0.3, -0.25) is 10.1 Å². The van der Waals surface area contributed by atoms with Crippen LogP contribution in [0.2, 0.25) is 0 Å². The van der Waals surface area contributed by atoms with Crippen LogP contribution in [0.1, 0.15) is 36.0 Å². The summed E-state index contributed by atoms with van der Waals surface area (Å²) >= 11 is 0. The van der Waals surface area contributed by atoms with Gasteiger partial charge >= 0.3 is 0 Å². The van der Waals surface area contributed by atoms with E-state index in [1.165, 1.54) is 11.1 Å². The number of aryl methyl sites for hydroxylation is 1. The van der Waals surface area contributed by atoms with E-state index in [1.54, 1.807) is 0 Å². The van der Waals surface area contributed by atoms with Crippen molar-refractivity contribution in [2.45, 2.75) is 37.2 Å². The van der Waals surface area contributed by atoms with Crippen LogP contribution in [0.5, 0.6) is 0 Å². The van der Waals surface area contributed by atoms with Crippen LogP contribution in [0.4, 0.5) is 0 Å². The van der Waals surface area contributed by atoms with Crippen molar-refractivity contribution in [3.63, 3.8) is 0 Å². The van der Waals surface area contributed by atoms with Gasteiger partial charge in [-0.1, -0.05) is 23.8 Å². The fraction of sp³-hybridized carbons (Fsp3) is 0.400. The average molecular weight is 241 g/mol. The third-order valence-corrected chi connectivity index (χ3v) is 4.54. The summed E-state index contributed by atoms with van der Waals surface area (Å²) < 4.78 is 5.81. The molecule has 18 heavy (non-hydrogen) atoms. The number of carbonyl (C=O) groups is 1. The number of carbonyl (C=O) groups excluding carboxylic acids is 1. The highest BCUT2D eigenvalue weighted by Gasteiger charge is 2.64. The van der Waals surface area contributed by atoms with Gasteiger partial charge in [0, 0.05) is 17.4 Å². The van der Waals surface area contributed by atoms with E-state index in [0.29, 0.717) is 5.88 Å². The molecule has 92 valence electrons. The monoisotopic (exact) mass is 241 g/mol. The molecule has 0 radical (unpaired) electrons. The molecule has 1 aromatic rings. The minimum Gasteiger partial charge on any atom is -0.458 e. The van der Waals surface area contributed by atoms with Gasteiger partial charge in [-0.25, -0.2) is 0 Å². The number of benzene rings is 1. The number of rotatable bonds is 0. The molecular formula is C15H15NO2. The van der Waals surface area contributed by atoms with Gasteiger partial charge in [0.1, 0.15) is 0 Å². The molecule has 2 aliphatic carbocycles. The van der Waals surface area contributed by atoms with Gasteiger partial charge in [0.05, 0.1) is 0 Å². The van der Waals surface area contributed by atoms with Crippen LogP contribution in [0.15, 0.2) is 30.7 Å². The summed E-state index contributed by atoms with van der Waals surface area (Å²) in [6.07, 6.45) is 3.09. The summed E-state index contributed by atoms with van der Waals surface area (Å²) in [5, 5.41) is 2.71. The molecule has 2 spiro atoms. The summed E-state index contributed by atoms with van der Waals surface area (Å²) in [5.41, 5.74) is 2.98. The molecule has 0 aromatic heterocycles. The maximum atomic E-state index is 12.3. The van der Waals surface area contributed by atoms with Gasteiger partial charge in [0.25, 0.3) is 5.91 Å². The summed E-state index contributed by atoms with van der Waals surface area (Å²) in [5.74, 6) is 0.325. The van der Waals surface area contributed by atoms with Gasteiger partial charge < -0.3 is 4.74 Å². The zero-order chi connectivity index (χ0) is 12.5. The summed E-state index contributed by atoms with van der Waals surface area (Å²) in [6, 6.07) is 6.32. The molecule has 0 bridgehead atoms. The number of hydrogen-bond donors (Lipinski definition) is 1. The number of fused-ring (bicyclic) bond motifs is 3. The van der Waals surface area contributed by atoms with Crippen molar-refractivity contribution >= 4 is 5.91 Å². The number of nitrogens with one attached hydrogen (secondary N) is 1. The molecule has 1 unspecified atom stereocenters.